The van der Waals surface area contributed by atoms with Crippen molar-refractivity contribution in [3.63, 3.8) is 0 Å². The van der Waals surface area contributed by atoms with E-state index in [1.165, 1.54) is 11.3 Å². The van der Waals surface area contributed by atoms with Crippen molar-refractivity contribution in [2.75, 3.05) is 12.8 Å². The Morgan fingerprint density at radius 3 is 2.60 bits per heavy atom. The van der Waals surface area contributed by atoms with Gasteiger partial charge in [0.1, 0.15) is 0 Å². The predicted molar refractivity (Wildman–Crippen MR) is 89.1 cm³/mol. The van der Waals surface area contributed by atoms with E-state index in [0.29, 0.717) is 24.0 Å². The van der Waals surface area contributed by atoms with Crippen LogP contribution in [0, 0.1) is 0 Å². The van der Waals surface area contributed by atoms with E-state index >= 15 is 0 Å². The number of nitrogens with one attached hydrogen (secondary N) is 2. The van der Waals surface area contributed by atoms with Crippen LogP contribution >= 0.6 is 23.1 Å². The summed E-state index contributed by atoms with van der Waals surface area (Å²) in [7, 11) is -3.40. The smallest absolute Gasteiger partial charge is 0.241 e. The van der Waals surface area contributed by atoms with E-state index in [1.807, 2.05) is 20.1 Å². The Morgan fingerprint density at radius 2 is 2.05 bits per heavy atom. The number of hydrogen-bond acceptors (Lipinski definition) is 5. The van der Waals surface area contributed by atoms with Gasteiger partial charge in [0.15, 0.2) is 0 Å². The number of sulfonamides is 1. The van der Waals surface area contributed by atoms with Gasteiger partial charge in [-0.05, 0) is 26.2 Å². The molecule has 0 amide bonds. The number of thioether (sulfide) groups is 1. The first-order chi connectivity index (χ1) is 9.16. The summed E-state index contributed by atoms with van der Waals surface area (Å²) in [5.74, 6) is 0. The molecule has 7 heteroatoms. The molecule has 1 aromatic rings. The molecule has 0 aromatic carbocycles. The van der Waals surface area contributed by atoms with Gasteiger partial charge < -0.3 is 5.32 Å². The first-order valence-electron chi connectivity index (χ1n) is 6.52. The zero-order chi connectivity index (χ0) is 15.4. The van der Waals surface area contributed by atoms with Crippen molar-refractivity contribution in [2.45, 2.75) is 49.9 Å². The van der Waals surface area contributed by atoms with E-state index in [-0.39, 0.29) is 4.75 Å². The van der Waals surface area contributed by atoms with E-state index in [0.717, 1.165) is 4.88 Å². The largest absolute Gasteiger partial charge is 0.310 e. The molecule has 0 fully saturated rings. The van der Waals surface area contributed by atoms with Crippen molar-refractivity contribution >= 4 is 33.1 Å². The van der Waals surface area contributed by atoms with Gasteiger partial charge in [-0.3, -0.25) is 0 Å². The van der Waals surface area contributed by atoms with Crippen LogP contribution in [-0.2, 0) is 16.6 Å². The van der Waals surface area contributed by atoms with Crippen molar-refractivity contribution in [2.24, 2.45) is 0 Å². The van der Waals surface area contributed by atoms with Gasteiger partial charge in [-0.1, -0.05) is 13.8 Å². The minimum Gasteiger partial charge on any atom is -0.310 e. The Balaban J connectivity index is 2.69. The Morgan fingerprint density at radius 1 is 1.40 bits per heavy atom. The summed E-state index contributed by atoms with van der Waals surface area (Å²) in [5, 5.41) is 4.98. The zero-order valence-corrected chi connectivity index (χ0v) is 15.1. The molecule has 0 spiro atoms. The summed E-state index contributed by atoms with van der Waals surface area (Å²) in [6.45, 7) is 9.30. The fourth-order valence-corrected chi connectivity index (χ4v) is 4.07. The van der Waals surface area contributed by atoms with Crippen molar-refractivity contribution in [3.8, 4) is 0 Å². The third kappa shape index (κ3) is 5.73. The Labute approximate surface area is 130 Å². The molecule has 4 nitrogen and oxygen atoms in total. The third-order valence-corrected chi connectivity index (χ3v) is 6.58. The van der Waals surface area contributed by atoms with Crippen molar-refractivity contribution in [1.29, 1.82) is 0 Å². The molecule has 0 atom stereocenters. The van der Waals surface area contributed by atoms with Gasteiger partial charge in [-0.25, -0.2) is 13.1 Å². The van der Waals surface area contributed by atoms with Crippen LogP contribution in [0.4, 0.5) is 0 Å². The van der Waals surface area contributed by atoms with E-state index in [2.05, 4.69) is 23.9 Å². The van der Waals surface area contributed by atoms with E-state index in [4.69, 9.17) is 0 Å². The molecule has 0 aliphatic rings. The average Bonchev–Trinajstić information content (AvgIpc) is 2.84. The molecule has 0 saturated carbocycles. The Hall–Kier alpha value is -0.0800. The maximum absolute atomic E-state index is 12.2. The predicted octanol–water partition coefficient (Wildman–Crippen LogP) is 2.67. The van der Waals surface area contributed by atoms with Crippen LogP contribution in [0.3, 0.4) is 0 Å². The van der Waals surface area contributed by atoms with Gasteiger partial charge in [0.25, 0.3) is 0 Å². The van der Waals surface area contributed by atoms with Gasteiger partial charge in [-0.2, -0.15) is 11.8 Å². The molecule has 0 radical (unpaired) electrons. The molecule has 1 rings (SSSR count). The maximum Gasteiger partial charge on any atom is 0.241 e. The maximum atomic E-state index is 12.2. The van der Waals surface area contributed by atoms with Gasteiger partial charge >= 0.3 is 0 Å². The van der Waals surface area contributed by atoms with Crippen LogP contribution in [0.1, 0.15) is 32.6 Å². The second kappa shape index (κ2) is 7.26. The Kier molecular flexibility index (Phi) is 6.53. The van der Waals surface area contributed by atoms with Crippen molar-refractivity contribution in [3.05, 3.63) is 16.3 Å². The summed E-state index contributed by atoms with van der Waals surface area (Å²) in [6.07, 6.45) is 1.98. The topological polar surface area (TPSA) is 58.2 Å². The molecule has 1 heterocycles. The van der Waals surface area contributed by atoms with Gasteiger partial charge in [0, 0.05) is 34.1 Å². The lowest BCUT2D eigenvalue weighted by Gasteiger charge is -2.21. The minimum absolute atomic E-state index is 0.106. The highest BCUT2D eigenvalue weighted by molar-refractivity contribution is 8.00. The summed E-state index contributed by atoms with van der Waals surface area (Å²) in [4.78, 5) is 1.39. The van der Waals surface area contributed by atoms with Crippen LogP contribution in [0.5, 0.6) is 0 Å². The van der Waals surface area contributed by atoms with Gasteiger partial charge in [0.05, 0.1) is 4.90 Å². The number of thiophene rings is 1. The molecule has 20 heavy (non-hydrogen) atoms. The molecular weight excluding hydrogens is 312 g/mol. The average molecular weight is 337 g/mol. The zero-order valence-electron chi connectivity index (χ0n) is 12.7. The molecular formula is C13H24N2O2S3. The van der Waals surface area contributed by atoms with Crippen LogP contribution in [0.25, 0.3) is 0 Å². The van der Waals surface area contributed by atoms with E-state index in [9.17, 15) is 8.42 Å². The normalized spacial score (nSPS) is 13.1. The first kappa shape index (κ1) is 18.0. The summed E-state index contributed by atoms with van der Waals surface area (Å²) >= 11 is 3.12. The Bertz CT molecular complexity index is 521. The van der Waals surface area contributed by atoms with Crippen LogP contribution in [0.15, 0.2) is 16.3 Å². The molecule has 0 aliphatic heterocycles. The molecule has 0 bridgehead atoms. The summed E-state index contributed by atoms with van der Waals surface area (Å²) < 4.78 is 27.0. The van der Waals surface area contributed by atoms with E-state index in [1.54, 1.807) is 23.2 Å². The lowest BCUT2D eigenvalue weighted by Crippen LogP contribution is -2.35. The van der Waals surface area contributed by atoms with Crippen molar-refractivity contribution < 1.29 is 8.42 Å². The standard InChI is InChI=1S/C13H24N2O2S3/c1-10(2)14-7-11-6-12(8-19-11)20(16,17)15-9-13(3,4)18-5/h6,8,10,14-15H,7,9H2,1-5H3. The molecule has 0 unspecified atom stereocenters. The van der Waals surface area contributed by atoms with Gasteiger partial charge in [0.2, 0.25) is 10.0 Å². The lowest BCUT2D eigenvalue weighted by molar-refractivity contribution is 0.570. The highest BCUT2D eigenvalue weighted by atomic mass is 32.2. The summed E-state index contributed by atoms with van der Waals surface area (Å²) in [5.41, 5.74) is 0. The van der Waals surface area contributed by atoms with E-state index < -0.39 is 10.0 Å². The fraction of sp³-hybridized carbons (Fsp3) is 0.692. The summed E-state index contributed by atoms with van der Waals surface area (Å²) in [6, 6.07) is 2.13. The minimum atomic E-state index is -3.40. The second-order valence-electron chi connectivity index (χ2n) is 5.57. The number of hydrogen-bond donors (Lipinski definition) is 2. The highest BCUT2D eigenvalue weighted by Gasteiger charge is 2.22. The van der Waals surface area contributed by atoms with Crippen LogP contribution in [0.2, 0.25) is 0 Å². The monoisotopic (exact) mass is 336 g/mol. The highest BCUT2D eigenvalue weighted by Crippen LogP contribution is 2.22. The van der Waals surface area contributed by atoms with Crippen molar-refractivity contribution in [1.82, 2.24) is 10.0 Å². The van der Waals surface area contributed by atoms with Gasteiger partial charge in [-0.15, -0.1) is 11.3 Å². The number of rotatable bonds is 8. The molecule has 0 aliphatic carbocycles. The fourth-order valence-electron chi connectivity index (χ4n) is 1.32. The van der Waals surface area contributed by atoms with Crippen LogP contribution < -0.4 is 10.0 Å². The van der Waals surface area contributed by atoms with Crippen LogP contribution in [-0.4, -0.2) is 32.0 Å². The first-order valence-corrected chi connectivity index (χ1v) is 10.1. The third-order valence-electron chi connectivity index (χ3n) is 2.87. The molecule has 0 saturated heterocycles. The molecule has 116 valence electrons. The molecule has 2 N–H and O–H groups in total. The quantitative estimate of drug-likeness (QED) is 0.766. The SMILES string of the molecule is CSC(C)(C)CNS(=O)(=O)c1csc(CNC(C)C)c1. The lowest BCUT2D eigenvalue weighted by atomic mass is 10.2. The molecule has 1 aromatic heterocycles. The second-order valence-corrected chi connectivity index (χ2v) is 9.85.